The number of carbonyl (C=O) groups excluding carboxylic acids is 1. The average molecular weight is 612 g/mol. The van der Waals surface area contributed by atoms with Gasteiger partial charge in [-0.25, -0.2) is 13.6 Å². The molecule has 1 amide bonds. The maximum Gasteiger partial charge on any atom is 0.410 e. The number of hydrogen-bond acceptors (Lipinski definition) is 5. The number of nitrogens with zero attached hydrogens (tertiary/aromatic N) is 1. The van der Waals surface area contributed by atoms with Crippen molar-refractivity contribution in [2.45, 2.75) is 70.4 Å². The van der Waals surface area contributed by atoms with Gasteiger partial charge in [0.05, 0.1) is 25.8 Å². The van der Waals surface area contributed by atoms with E-state index < -0.39 is 39.7 Å². The van der Waals surface area contributed by atoms with Crippen LogP contribution in [-0.4, -0.2) is 64.4 Å². The first-order valence-electron chi connectivity index (χ1n) is 14.9. The smallest absolute Gasteiger partial charge is 0.410 e. The molecule has 1 aliphatic rings. The monoisotopic (exact) mass is 611 g/mol. The lowest BCUT2D eigenvalue weighted by molar-refractivity contribution is -0.172. The molecule has 43 heavy (non-hydrogen) atoms. The molecule has 4 rings (SSSR count). The van der Waals surface area contributed by atoms with Crippen LogP contribution in [0.15, 0.2) is 91.0 Å². The third kappa shape index (κ3) is 8.72. The fourth-order valence-electron chi connectivity index (χ4n) is 5.60. The summed E-state index contributed by atoms with van der Waals surface area (Å²) in [4.78, 5) is 14.5. The van der Waals surface area contributed by atoms with E-state index in [4.69, 9.17) is 18.6 Å². The molecule has 0 saturated carbocycles. The van der Waals surface area contributed by atoms with Crippen molar-refractivity contribution in [2.75, 3.05) is 26.4 Å². The van der Waals surface area contributed by atoms with Gasteiger partial charge in [0, 0.05) is 6.61 Å². The van der Waals surface area contributed by atoms with Gasteiger partial charge in [-0.1, -0.05) is 112 Å². The molecule has 0 aliphatic carbocycles. The summed E-state index contributed by atoms with van der Waals surface area (Å²) in [7, 11) is -3.03. The van der Waals surface area contributed by atoms with Crippen LogP contribution >= 0.6 is 0 Å². The minimum Gasteiger partial charge on any atom is -0.445 e. The second-order valence-electron chi connectivity index (χ2n) is 11.8. The van der Waals surface area contributed by atoms with E-state index in [2.05, 4.69) is 45.0 Å². The Kier molecular flexibility index (Phi) is 11.9. The number of alkyl halides is 2. The van der Waals surface area contributed by atoms with Crippen molar-refractivity contribution in [2.24, 2.45) is 0 Å². The molecule has 1 fully saturated rings. The van der Waals surface area contributed by atoms with E-state index in [1.165, 1.54) is 0 Å². The van der Waals surface area contributed by atoms with Crippen molar-refractivity contribution in [3.63, 3.8) is 0 Å². The second-order valence-corrected chi connectivity index (χ2v) is 16.1. The van der Waals surface area contributed by atoms with Gasteiger partial charge >= 0.3 is 6.09 Å². The fraction of sp³-hybridized carbons (Fsp3) is 0.441. The highest BCUT2D eigenvalue weighted by Crippen LogP contribution is 2.37. The topological polar surface area (TPSA) is 57.2 Å². The Morgan fingerprint density at radius 2 is 1.49 bits per heavy atom. The van der Waals surface area contributed by atoms with Gasteiger partial charge in [-0.2, -0.15) is 0 Å². The summed E-state index contributed by atoms with van der Waals surface area (Å²) >= 11 is 0. The molecule has 232 valence electrons. The van der Waals surface area contributed by atoms with Crippen molar-refractivity contribution >= 4 is 24.8 Å². The summed E-state index contributed by atoms with van der Waals surface area (Å²) in [5.74, 6) is 0. The van der Waals surface area contributed by atoms with E-state index in [0.717, 1.165) is 33.7 Å². The maximum atomic E-state index is 14.0. The number of benzene rings is 3. The number of carbonyl (C=O) groups is 1. The van der Waals surface area contributed by atoms with Gasteiger partial charge in [-0.05, 0) is 40.2 Å². The standard InChI is InChI=1S/C34H43F2NO5Si/c1-34(2,3)43(29-17-9-5-10-18-29,30-19-11-6-12-20-30)42-26-28(25-40-32-21-13-14-22-39-32)37(23-31(35)36)33(38)41-24-27-15-7-4-8-16-27/h4-12,15-20,28,31-32H,13-14,21-26H2,1-3H3. The highest BCUT2D eigenvalue weighted by Gasteiger charge is 2.50. The third-order valence-corrected chi connectivity index (χ3v) is 12.7. The quantitative estimate of drug-likeness (QED) is 0.210. The lowest BCUT2D eigenvalue weighted by Crippen LogP contribution is -2.67. The Labute approximate surface area is 255 Å². The maximum absolute atomic E-state index is 14.0. The lowest BCUT2D eigenvalue weighted by Gasteiger charge is -2.44. The lowest BCUT2D eigenvalue weighted by atomic mass is 10.2. The van der Waals surface area contributed by atoms with Crippen molar-refractivity contribution in [3.8, 4) is 0 Å². The molecular formula is C34H43F2NO5Si. The number of ether oxygens (including phenoxy) is 3. The normalized spacial score (nSPS) is 16.6. The van der Waals surface area contributed by atoms with Crippen LogP contribution in [0.4, 0.5) is 13.6 Å². The zero-order chi connectivity index (χ0) is 30.7. The van der Waals surface area contributed by atoms with Crippen molar-refractivity contribution in [1.29, 1.82) is 0 Å². The third-order valence-electron chi connectivity index (χ3n) is 7.74. The average Bonchev–Trinajstić information content (AvgIpc) is 3.02. The van der Waals surface area contributed by atoms with Gasteiger partial charge in [-0.15, -0.1) is 0 Å². The van der Waals surface area contributed by atoms with Crippen LogP contribution in [-0.2, 0) is 25.2 Å². The van der Waals surface area contributed by atoms with Gasteiger partial charge in [0.1, 0.15) is 6.61 Å². The molecule has 0 N–H and O–H groups in total. The molecule has 1 saturated heterocycles. The zero-order valence-corrected chi connectivity index (χ0v) is 26.3. The minimum absolute atomic E-state index is 0.0207. The number of rotatable bonds is 13. The molecule has 0 bridgehead atoms. The van der Waals surface area contributed by atoms with Gasteiger partial charge < -0.3 is 18.6 Å². The van der Waals surface area contributed by atoms with Crippen LogP contribution in [0, 0.1) is 0 Å². The minimum atomic E-state index is -3.03. The summed E-state index contributed by atoms with van der Waals surface area (Å²) < 4.78 is 52.5. The first-order valence-corrected chi connectivity index (χ1v) is 16.8. The Balaban J connectivity index is 1.67. The van der Waals surface area contributed by atoms with E-state index in [-0.39, 0.29) is 24.9 Å². The summed E-state index contributed by atoms with van der Waals surface area (Å²) in [5.41, 5.74) is 0.764. The molecule has 1 heterocycles. The molecule has 0 spiro atoms. The van der Waals surface area contributed by atoms with Gasteiger partial charge in [-0.3, -0.25) is 4.90 Å². The van der Waals surface area contributed by atoms with Crippen LogP contribution in [0.5, 0.6) is 0 Å². The molecule has 1 aliphatic heterocycles. The van der Waals surface area contributed by atoms with Gasteiger partial charge in [0.25, 0.3) is 14.7 Å². The first-order chi connectivity index (χ1) is 20.7. The summed E-state index contributed by atoms with van der Waals surface area (Å²) in [6.45, 7) is 6.12. The summed E-state index contributed by atoms with van der Waals surface area (Å²) in [6, 6.07) is 28.4. The van der Waals surface area contributed by atoms with Crippen LogP contribution in [0.1, 0.15) is 45.6 Å². The van der Waals surface area contributed by atoms with E-state index >= 15 is 0 Å². The Morgan fingerprint density at radius 1 is 0.907 bits per heavy atom. The molecule has 6 nitrogen and oxygen atoms in total. The van der Waals surface area contributed by atoms with Gasteiger partial charge in [0.15, 0.2) is 6.29 Å². The molecule has 2 atom stereocenters. The highest BCUT2D eigenvalue weighted by molar-refractivity contribution is 6.99. The van der Waals surface area contributed by atoms with Crippen LogP contribution < -0.4 is 10.4 Å². The van der Waals surface area contributed by atoms with Gasteiger partial charge in [0.2, 0.25) is 0 Å². The number of hydrogen-bond donors (Lipinski definition) is 0. The zero-order valence-electron chi connectivity index (χ0n) is 25.3. The predicted molar refractivity (Wildman–Crippen MR) is 166 cm³/mol. The molecule has 2 unspecified atom stereocenters. The first kappa shape index (κ1) is 32.8. The summed E-state index contributed by atoms with van der Waals surface area (Å²) in [6.07, 6.45) is -1.47. The second kappa shape index (κ2) is 15.6. The van der Waals surface area contributed by atoms with Crippen molar-refractivity contribution < 1.29 is 32.2 Å². The number of halogens is 2. The van der Waals surface area contributed by atoms with E-state index in [1.54, 1.807) is 0 Å². The van der Waals surface area contributed by atoms with Crippen LogP contribution in [0.3, 0.4) is 0 Å². The fourth-order valence-corrected chi connectivity index (χ4v) is 10.2. The Hall–Kier alpha value is -3.11. The molecule has 3 aromatic carbocycles. The molecule has 3 aromatic rings. The van der Waals surface area contributed by atoms with Crippen LogP contribution in [0.25, 0.3) is 0 Å². The molecule has 0 radical (unpaired) electrons. The molecule has 0 aromatic heterocycles. The van der Waals surface area contributed by atoms with E-state index in [1.807, 2.05) is 66.7 Å². The van der Waals surface area contributed by atoms with Crippen molar-refractivity contribution in [1.82, 2.24) is 4.90 Å². The SMILES string of the molecule is CC(C)(C)[Si](OCC(COC1CCCCO1)N(CC(F)F)C(=O)OCc1ccccc1)(c1ccccc1)c1ccccc1. The number of amides is 1. The largest absolute Gasteiger partial charge is 0.445 e. The van der Waals surface area contributed by atoms with Crippen molar-refractivity contribution in [3.05, 3.63) is 96.6 Å². The predicted octanol–water partition coefficient (Wildman–Crippen LogP) is 6.38. The van der Waals surface area contributed by atoms with E-state index in [9.17, 15) is 13.6 Å². The van der Waals surface area contributed by atoms with E-state index in [0.29, 0.717) is 13.0 Å². The Morgan fingerprint density at radius 3 is 2.00 bits per heavy atom. The molecule has 9 heteroatoms. The van der Waals surface area contributed by atoms with Crippen LogP contribution in [0.2, 0.25) is 5.04 Å². The molecular weight excluding hydrogens is 568 g/mol. The Bertz CT molecular complexity index is 1200. The highest BCUT2D eigenvalue weighted by atomic mass is 28.4. The summed E-state index contributed by atoms with van der Waals surface area (Å²) in [5, 5.41) is 1.77.